The fourth-order valence-corrected chi connectivity index (χ4v) is 3.70. The Morgan fingerprint density at radius 2 is 1.86 bits per heavy atom. The van der Waals surface area contributed by atoms with Gasteiger partial charge in [-0.2, -0.15) is 0 Å². The third-order valence-electron chi connectivity index (χ3n) is 5.60. The number of aryl methyl sites for hydroxylation is 2. The summed E-state index contributed by atoms with van der Waals surface area (Å²) in [6, 6.07) is 14.0. The molecule has 1 saturated carbocycles. The van der Waals surface area contributed by atoms with Crippen molar-refractivity contribution in [2.24, 2.45) is 5.41 Å². The Balaban J connectivity index is 1.36. The molecule has 4 rings (SSSR count). The maximum absolute atomic E-state index is 12.8. The molecule has 1 fully saturated rings. The topological polar surface area (TPSA) is 74.0 Å². The van der Waals surface area contributed by atoms with Gasteiger partial charge >= 0.3 is 0 Å². The van der Waals surface area contributed by atoms with Crippen LogP contribution < -0.4 is 10.6 Å². The van der Waals surface area contributed by atoms with E-state index in [0.717, 1.165) is 28.8 Å². The molecular formula is C23H25N3O2. The molecule has 3 aromatic rings. The van der Waals surface area contributed by atoms with Gasteiger partial charge in [0.05, 0.1) is 0 Å². The van der Waals surface area contributed by atoms with Crippen molar-refractivity contribution in [3.8, 4) is 0 Å². The molecule has 5 nitrogen and oxygen atoms in total. The Morgan fingerprint density at radius 3 is 2.61 bits per heavy atom. The van der Waals surface area contributed by atoms with Gasteiger partial charge in [-0.3, -0.25) is 9.59 Å². The van der Waals surface area contributed by atoms with Gasteiger partial charge in [0.2, 0.25) is 11.8 Å². The fourth-order valence-electron chi connectivity index (χ4n) is 3.70. The van der Waals surface area contributed by atoms with Crippen molar-refractivity contribution in [2.75, 3.05) is 11.9 Å². The van der Waals surface area contributed by atoms with Crippen LogP contribution in [0.1, 0.15) is 29.5 Å². The number of carbonyl (C=O) groups excluding carboxylic acids is 2. The van der Waals surface area contributed by atoms with Crippen LogP contribution in [0, 0.1) is 19.3 Å². The monoisotopic (exact) mass is 375 g/mol. The first-order valence-electron chi connectivity index (χ1n) is 9.72. The zero-order valence-corrected chi connectivity index (χ0v) is 16.3. The summed E-state index contributed by atoms with van der Waals surface area (Å²) in [6.45, 7) is 4.49. The SMILES string of the molecule is Cc1ccc(NC(=O)C2(C(=O)NCCc3c[nH]c4ccccc34)CC2)c(C)c1. The lowest BCUT2D eigenvalue weighted by molar-refractivity contribution is -0.134. The van der Waals surface area contributed by atoms with Crippen LogP contribution in [0.5, 0.6) is 0 Å². The number of nitrogens with one attached hydrogen (secondary N) is 3. The Labute approximate surface area is 164 Å². The van der Waals surface area contributed by atoms with Crippen LogP contribution in [0.25, 0.3) is 10.9 Å². The van der Waals surface area contributed by atoms with Crippen molar-refractivity contribution in [2.45, 2.75) is 33.1 Å². The number of benzene rings is 2. The quantitative estimate of drug-likeness (QED) is 0.572. The zero-order chi connectivity index (χ0) is 19.7. The minimum atomic E-state index is -0.919. The maximum Gasteiger partial charge on any atom is 0.240 e. The lowest BCUT2D eigenvalue weighted by atomic mass is 10.0. The second kappa shape index (κ2) is 7.15. The first kappa shape index (κ1) is 18.3. The van der Waals surface area contributed by atoms with Gasteiger partial charge in [0, 0.05) is 29.3 Å². The van der Waals surface area contributed by atoms with Crippen LogP contribution in [0.4, 0.5) is 5.69 Å². The Bertz CT molecular complexity index is 1050. The van der Waals surface area contributed by atoms with E-state index in [4.69, 9.17) is 0 Å². The standard InChI is InChI=1S/C23H25N3O2/c1-15-7-8-19(16(2)13-15)26-22(28)23(10-11-23)21(27)24-12-9-17-14-25-20-6-4-3-5-18(17)20/h3-8,13-14,25H,9-12H2,1-2H3,(H,24,27)(H,26,28). The van der Waals surface area contributed by atoms with Crippen LogP contribution in [0.2, 0.25) is 0 Å². The molecule has 5 heteroatoms. The first-order valence-corrected chi connectivity index (χ1v) is 9.72. The van der Waals surface area contributed by atoms with E-state index in [9.17, 15) is 9.59 Å². The number of rotatable bonds is 6. The third-order valence-corrected chi connectivity index (χ3v) is 5.60. The van der Waals surface area contributed by atoms with Crippen molar-refractivity contribution in [3.63, 3.8) is 0 Å². The summed E-state index contributed by atoms with van der Waals surface area (Å²) < 4.78 is 0. The predicted octanol–water partition coefficient (Wildman–Crippen LogP) is 3.86. The molecule has 3 N–H and O–H groups in total. The molecule has 2 aromatic carbocycles. The van der Waals surface area contributed by atoms with Crippen molar-refractivity contribution < 1.29 is 9.59 Å². The summed E-state index contributed by atoms with van der Waals surface area (Å²) in [4.78, 5) is 28.7. The Kier molecular flexibility index (Phi) is 4.67. The van der Waals surface area contributed by atoms with Crippen molar-refractivity contribution in [1.82, 2.24) is 10.3 Å². The molecule has 144 valence electrons. The molecule has 28 heavy (non-hydrogen) atoms. The second-order valence-electron chi connectivity index (χ2n) is 7.72. The lowest BCUT2D eigenvalue weighted by Crippen LogP contribution is -2.40. The third kappa shape index (κ3) is 3.40. The summed E-state index contributed by atoms with van der Waals surface area (Å²) >= 11 is 0. The average Bonchev–Trinajstić information content (AvgIpc) is 3.40. The van der Waals surface area contributed by atoms with Gasteiger partial charge in [-0.15, -0.1) is 0 Å². The largest absolute Gasteiger partial charge is 0.361 e. The molecule has 1 aromatic heterocycles. The van der Waals surface area contributed by atoms with Crippen LogP contribution in [0.15, 0.2) is 48.7 Å². The number of anilines is 1. The first-order chi connectivity index (χ1) is 13.5. The summed E-state index contributed by atoms with van der Waals surface area (Å²) in [6.07, 6.45) is 3.91. The molecule has 1 aliphatic carbocycles. The van der Waals surface area contributed by atoms with Gasteiger partial charge in [0.15, 0.2) is 0 Å². The van der Waals surface area contributed by atoms with Crippen molar-refractivity contribution >= 4 is 28.4 Å². The summed E-state index contributed by atoms with van der Waals surface area (Å²) in [5.41, 5.74) is 4.26. The highest BCUT2D eigenvalue weighted by molar-refractivity contribution is 6.13. The van der Waals surface area contributed by atoms with E-state index in [1.165, 1.54) is 10.9 Å². The van der Waals surface area contributed by atoms with Gasteiger partial charge in [0.25, 0.3) is 0 Å². The summed E-state index contributed by atoms with van der Waals surface area (Å²) in [5.74, 6) is -0.376. The minimum absolute atomic E-state index is 0.172. The van der Waals surface area contributed by atoms with E-state index in [1.807, 2.05) is 56.4 Å². The number of para-hydroxylation sites is 1. The molecule has 0 bridgehead atoms. The molecule has 2 amide bonds. The number of carbonyl (C=O) groups is 2. The maximum atomic E-state index is 12.8. The molecule has 0 unspecified atom stereocenters. The van der Waals surface area contributed by atoms with E-state index >= 15 is 0 Å². The highest BCUT2D eigenvalue weighted by Crippen LogP contribution is 2.47. The van der Waals surface area contributed by atoms with Crippen LogP contribution in [-0.4, -0.2) is 23.3 Å². The zero-order valence-electron chi connectivity index (χ0n) is 16.3. The van der Waals surface area contributed by atoms with Crippen molar-refractivity contribution in [1.29, 1.82) is 0 Å². The molecule has 0 spiro atoms. The van der Waals surface area contributed by atoms with Gasteiger partial charge in [-0.25, -0.2) is 0 Å². The normalized spacial score (nSPS) is 14.6. The highest BCUT2D eigenvalue weighted by atomic mass is 16.2. The highest BCUT2D eigenvalue weighted by Gasteiger charge is 2.56. The molecule has 1 heterocycles. The second-order valence-corrected chi connectivity index (χ2v) is 7.72. The average molecular weight is 375 g/mol. The lowest BCUT2D eigenvalue weighted by Gasteiger charge is -2.16. The number of hydrogen-bond donors (Lipinski definition) is 3. The molecule has 0 aliphatic heterocycles. The van der Waals surface area contributed by atoms with E-state index in [-0.39, 0.29) is 11.8 Å². The smallest absolute Gasteiger partial charge is 0.240 e. The van der Waals surface area contributed by atoms with Crippen LogP contribution in [-0.2, 0) is 16.0 Å². The molecule has 0 radical (unpaired) electrons. The van der Waals surface area contributed by atoms with Gasteiger partial charge in [0.1, 0.15) is 5.41 Å². The molecule has 1 aliphatic rings. The fraction of sp³-hybridized carbons (Fsp3) is 0.304. The number of fused-ring (bicyclic) bond motifs is 1. The Hall–Kier alpha value is -3.08. The predicted molar refractivity (Wildman–Crippen MR) is 111 cm³/mol. The van der Waals surface area contributed by atoms with E-state index < -0.39 is 5.41 Å². The van der Waals surface area contributed by atoms with Gasteiger partial charge in [-0.05, 0) is 56.4 Å². The minimum Gasteiger partial charge on any atom is -0.361 e. The summed E-state index contributed by atoms with van der Waals surface area (Å²) in [7, 11) is 0. The van der Waals surface area contributed by atoms with E-state index in [2.05, 4.69) is 21.7 Å². The number of H-pyrrole nitrogens is 1. The molecule has 0 atom stereocenters. The van der Waals surface area contributed by atoms with Crippen LogP contribution >= 0.6 is 0 Å². The number of aromatic nitrogens is 1. The van der Waals surface area contributed by atoms with Crippen LogP contribution in [0.3, 0.4) is 0 Å². The number of amides is 2. The van der Waals surface area contributed by atoms with Gasteiger partial charge in [-0.1, -0.05) is 35.9 Å². The van der Waals surface area contributed by atoms with Crippen molar-refractivity contribution in [3.05, 3.63) is 65.4 Å². The van der Waals surface area contributed by atoms with Gasteiger partial charge < -0.3 is 15.6 Å². The number of hydrogen-bond acceptors (Lipinski definition) is 2. The summed E-state index contributed by atoms with van der Waals surface area (Å²) in [5, 5.41) is 7.08. The molecule has 0 saturated heterocycles. The Morgan fingerprint density at radius 1 is 1.07 bits per heavy atom. The number of aromatic amines is 1. The van der Waals surface area contributed by atoms with E-state index in [1.54, 1.807) is 0 Å². The van der Waals surface area contributed by atoms with E-state index in [0.29, 0.717) is 19.4 Å². The molecular weight excluding hydrogens is 350 g/mol.